The molecule has 1 amide bonds. The van der Waals surface area contributed by atoms with Crippen molar-refractivity contribution >= 4 is 60.0 Å². The van der Waals surface area contributed by atoms with E-state index in [1.165, 1.54) is 64.6 Å². The largest absolute Gasteiger partial charge is 0.374 e. The molecule has 0 bridgehead atoms. The molecule has 7 aromatic carbocycles. The highest BCUT2D eigenvalue weighted by Gasteiger charge is 2.17. The number of para-hydroxylation sites is 2. The predicted molar refractivity (Wildman–Crippen MR) is 291 cm³/mol. The lowest BCUT2D eigenvalue weighted by molar-refractivity contribution is -0.125. The first-order valence-corrected chi connectivity index (χ1v) is 23.9. The van der Waals surface area contributed by atoms with Crippen LogP contribution in [-0.4, -0.2) is 64.6 Å². The molecule has 0 aliphatic carbocycles. The summed E-state index contributed by atoms with van der Waals surface area (Å²) in [4.78, 5) is 12.4. The van der Waals surface area contributed by atoms with Crippen molar-refractivity contribution in [2.24, 2.45) is 0 Å². The molecule has 0 aliphatic heterocycles. The minimum atomic E-state index is -0.308. The Balaban J connectivity index is 0.000000176. The van der Waals surface area contributed by atoms with Crippen LogP contribution in [0.5, 0.6) is 0 Å². The second-order valence-corrected chi connectivity index (χ2v) is 21.2. The summed E-state index contributed by atoms with van der Waals surface area (Å²) in [5.74, 6) is 4.32. The fraction of sp³-hybridized carbons (Fsp3) is 0.371. The van der Waals surface area contributed by atoms with E-state index in [1.54, 1.807) is 7.05 Å². The molecule has 0 fully saturated rings. The number of nitrogens with zero attached hydrogens (tertiary/aromatic N) is 2. The van der Waals surface area contributed by atoms with Crippen molar-refractivity contribution in [3.05, 3.63) is 144 Å². The summed E-state index contributed by atoms with van der Waals surface area (Å²) in [5, 5.41) is 10.6. The molecule has 69 heavy (non-hydrogen) atoms. The van der Waals surface area contributed by atoms with Gasteiger partial charge in [-0.25, -0.2) is 0 Å². The molecule has 0 saturated carbocycles. The Morgan fingerprint density at radius 3 is 1.55 bits per heavy atom. The molecule has 7 heteroatoms. The number of aromatic nitrogens is 1. The summed E-state index contributed by atoms with van der Waals surface area (Å²) in [6, 6.07) is 44.8. The van der Waals surface area contributed by atoms with Gasteiger partial charge in [0.15, 0.2) is 0 Å². The van der Waals surface area contributed by atoms with Crippen LogP contribution in [0.15, 0.2) is 127 Å². The number of ether oxygens (including phenoxy) is 4. The van der Waals surface area contributed by atoms with Crippen molar-refractivity contribution in [2.75, 3.05) is 26.8 Å². The van der Waals surface area contributed by atoms with Crippen LogP contribution in [-0.2, 0) is 43.5 Å². The number of hydrogen-bond donors (Lipinski definition) is 0. The number of benzene rings is 7. The molecule has 1 aromatic heterocycles. The van der Waals surface area contributed by atoms with Crippen LogP contribution in [0, 0.1) is 24.7 Å². The van der Waals surface area contributed by atoms with Crippen molar-refractivity contribution in [2.45, 2.75) is 125 Å². The first-order valence-electron chi connectivity index (χ1n) is 23.9. The van der Waals surface area contributed by atoms with Crippen LogP contribution in [0.4, 0.5) is 0 Å². The first-order chi connectivity index (χ1) is 32.5. The Hall–Kier alpha value is -6.19. The number of carbonyl (C=O) groups is 1. The quantitative estimate of drug-likeness (QED) is 0.101. The molecule has 0 N–H and O–H groups in total. The molecule has 1 heterocycles. The topological polar surface area (TPSA) is 62.2 Å². The highest BCUT2D eigenvalue weighted by Crippen LogP contribution is 2.37. The molecule has 0 saturated heterocycles. The maximum atomic E-state index is 10.9. The van der Waals surface area contributed by atoms with E-state index in [2.05, 4.69) is 155 Å². The molecule has 7 nitrogen and oxygen atoms in total. The summed E-state index contributed by atoms with van der Waals surface area (Å²) in [7, 11) is 1.66. The minimum Gasteiger partial charge on any atom is -0.374 e. The van der Waals surface area contributed by atoms with Crippen molar-refractivity contribution in [3.8, 4) is 24.7 Å². The van der Waals surface area contributed by atoms with Gasteiger partial charge in [0.25, 0.3) is 5.91 Å². The Kier molecular flexibility index (Phi) is 18.2. The van der Waals surface area contributed by atoms with Gasteiger partial charge >= 0.3 is 0 Å². The minimum absolute atomic E-state index is 0.0846. The molecule has 0 radical (unpaired) electrons. The number of terminal acetylenes is 2. The van der Waals surface area contributed by atoms with Gasteiger partial charge in [-0.2, -0.15) is 0 Å². The number of hydrogen-bond acceptors (Lipinski definition) is 5. The molecule has 0 aliphatic rings. The number of rotatable bonds is 10. The van der Waals surface area contributed by atoms with E-state index in [0.29, 0.717) is 26.4 Å². The maximum absolute atomic E-state index is 10.9. The lowest BCUT2D eigenvalue weighted by Gasteiger charge is -2.21. The Morgan fingerprint density at radius 1 is 0.536 bits per heavy atom. The summed E-state index contributed by atoms with van der Waals surface area (Å²) in [5.41, 5.74) is 5.42. The third-order valence-electron chi connectivity index (χ3n) is 11.0. The highest BCUT2D eigenvalue weighted by atomic mass is 16.5. The van der Waals surface area contributed by atoms with Crippen molar-refractivity contribution in [1.29, 1.82) is 0 Å². The third kappa shape index (κ3) is 16.2. The van der Waals surface area contributed by atoms with Crippen LogP contribution < -0.4 is 0 Å². The fourth-order valence-corrected chi connectivity index (χ4v) is 7.64. The summed E-state index contributed by atoms with van der Waals surface area (Å²) < 4.78 is 25.3. The van der Waals surface area contributed by atoms with Crippen LogP contribution in [0.3, 0.4) is 0 Å². The van der Waals surface area contributed by atoms with Crippen molar-refractivity contribution < 1.29 is 23.7 Å². The standard InChI is InChI=1S/C21H20O.C18H21NO.C13H16O.C10H17NO2/c1-21(2,3)22-13-17-12-16-8-4-6-14-10-11-15-7-5-9-18(17)20(15)19(14)16;1-18(2,3)20-13-12-19-16-10-6-4-8-14(16)15-9-5-7-11-17(15)19;1-5-11-6-8-12(9-7-11)10-14-13(2,3)4;1-6-9(12)11(5)7-8-13-10(2,3)4/h4-12H,13H2,1-3H3;4-11H,12-13H2,1-3H3;1,6-9H,10H2,2-4H3;1H,7-8H2,2-5H3. The molecular weight excluding hydrogens is 853 g/mol. The fourth-order valence-electron chi connectivity index (χ4n) is 7.64. The van der Waals surface area contributed by atoms with E-state index in [1.807, 2.05) is 71.7 Å². The summed E-state index contributed by atoms with van der Waals surface area (Å²) in [6.45, 7) is 28.6. The van der Waals surface area contributed by atoms with Crippen LogP contribution >= 0.6 is 0 Å². The van der Waals surface area contributed by atoms with E-state index >= 15 is 0 Å². The molecule has 0 unspecified atom stereocenters. The molecule has 362 valence electrons. The van der Waals surface area contributed by atoms with E-state index in [-0.39, 0.29) is 28.3 Å². The predicted octanol–water partition coefficient (Wildman–Crippen LogP) is 14.4. The van der Waals surface area contributed by atoms with Gasteiger partial charge in [-0.1, -0.05) is 103 Å². The van der Waals surface area contributed by atoms with E-state index in [0.717, 1.165) is 24.3 Å². The zero-order valence-corrected chi connectivity index (χ0v) is 43.5. The van der Waals surface area contributed by atoms with E-state index < -0.39 is 0 Å². The Labute approximate surface area is 412 Å². The lowest BCUT2D eigenvalue weighted by atomic mass is 9.91. The van der Waals surface area contributed by atoms with Gasteiger partial charge in [0, 0.05) is 47.5 Å². The first kappa shape index (κ1) is 53.8. The average molecular weight is 927 g/mol. The monoisotopic (exact) mass is 927 g/mol. The average Bonchev–Trinajstić information content (AvgIpc) is 3.62. The highest BCUT2D eigenvalue weighted by molar-refractivity contribution is 6.23. The van der Waals surface area contributed by atoms with Gasteiger partial charge in [-0.3, -0.25) is 4.79 Å². The summed E-state index contributed by atoms with van der Waals surface area (Å²) >= 11 is 0. The van der Waals surface area contributed by atoms with Gasteiger partial charge in [0.1, 0.15) is 0 Å². The zero-order chi connectivity index (χ0) is 50.6. The van der Waals surface area contributed by atoms with Gasteiger partial charge < -0.3 is 28.4 Å². The third-order valence-corrected chi connectivity index (χ3v) is 11.0. The van der Waals surface area contributed by atoms with Crippen molar-refractivity contribution in [3.63, 3.8) is 0 Å². The SMILES string of the molecule is C#CC(=O)N(C)CCOC(C)(C)C.C#Cc1ccc(COC(C)(C)C)cc1.CC(C)(C)OCCn1c2ccccc2c2ccccc21.CC(C)(C)OCc1cc2cccc3ccc4cccc1c4c32. The maximum Gasteiger partial charge on any atom is 0.298 e. The van der Waals surface area contributed by atoms with E-state index in [4.69, 9.17) is 31.8 Å². The lowest BCUT2D eigenvalue weighted by Crippen LogP contribution is -2.31. The normalized spacial score (nSPS) is 11.9. The van der Waals surface area contributed by atoms with Crippen molar-refractivity contribution in [1.82, 2.24) is 9.47 Å². The molecular formula is C62H74N2O5. The molecule has 8 rings (SSSR count). The second kappa shape index (κ2) is 23.4. The number of amides is 1. The molecule has 0 atom stereocenters. The van der Waals surface area contributed by atoms with Crippen LogP contribution in [0.2, 0.25) is 0 Å². The zero-order valence-electron chi connectivity index (χ0n) is 43.5. The van der Waals surface area contributed by atoms with Gasteiger partial charge in [-0.15, -0.1) is 12.8 Å². The second-order valence-electron chi connectivity index (χ2n) is 21.2. The Bertz CT molecular complexity index is 2940. The van der Waals surface area contributed by atoms with Crippen LogP contribution in [0.1, 0.15) is 99.8 Å². The molecule has 8 aromatic rings. The Morgan fingerprint density at radius 2 is 1.01 bits per heavy atom. The number of likely N-dealkylation sites (N-methyl/N-ethyl adjacent to an activating group) is 1. The number of fused-ring (bicyclic) bond motifs is 3. The van der Waals surface area contributed by atoms with E-state index in [9.17, 15) is 4.79 Å². The smallest absolute Gasteiger partial charge is 0.298 e. The van der Waals surface area contributed by atoms with Gasteiger partial charge in [-0.05, 0) is 163 Å². The number of carbonyl (C=O) groups excluding carboxylic acids is 1. The van der Waals surface area contributed by atoms with Crippen LogP contribution in [0.25, 0.3) is 54.1 Å². The molecule has 0 spiro atoms. The van der Waals surface area contributed by atoms with Gasteiger partial charge in [0.05, 0.1) is 48.8 Å². The summed E-state index contributed by atoms with van der Waals surface area (Å²) in [6.07, 6.45) is 10.2. The van der Waals surface area contributed by atoms with Gasteiger partial charge in [0.2, 0.25) is 0 Å².